The molecular weight excluding hydrogens is 266 g/mol. The second-order valence-electron chi connectivity index (χ2n) is 4.56. The zero-order valence-corrected chi connectivity index (χ0v) is 12.8. The van der Waals surface area contributed by atoms with Crippen molar-refractivity contribution in [3.63, 3.8) is 0 Å². The fraction of sp³-hybridized carbons (Fsp3) is 0.294. The first-order chi connectivity index (χ1) is 9.85. The summed E-state index contributed by atoms with van der Waals surface area (Å²) in [7, 11) is 3.72. The highest BCUT2D eigenvalue weighted by Gasteiger charge is 2.14. The van der Waals surface area contributed by atoms with Crippen LogP contribution in [0.3, 0.4) is 0 Å². The molecule has 0 saturated heterocycles. The molecule has 1 unspecified atom stereocenters. The molecule has 2 rings (SSSR count). The topological polar surface area (TPSA) is 21.3 Å². The summed E-state index contributed by atoms with van der Waals surface area (Å²) in [4.78, 5) is 1.19. The van der Waals surface area contributed by atoms with Crippen LogP contribution in [-0.4, -0.2) is 20.7 Å². The molecule has 0 bridgehead atoms. The lowest BCUT2D eigenvalue weighted by Gasteiger charge is -2.18. The summed E-state index contributed by atoms with van der Waals surface area (Å²) in [6, 6.07) is 18.9. The van der Waals surface area contributed by atoms with E-state index in [0.717, 1.165) is 18.7 Å². The van der Waals surface area contributed by atoms with Gasteiger partial charge >= 0.3 is 0 Å². The summed E-state index contributed by atoms with van der Waals surface area (Å²) in [6.07, 6.45) is 1.09. The Bertz CT molecular complexity index is 515. The van der Waals surface area contributed by atoms with E-state index < -0.39 is 0 Å². The van der Waals surface area contributed by atoms with Gasteiger partial charge in [-0.3, -0.25) is 0 Å². The van der Waals surface area contributed by atoms with Gasteiger partial charge in [0.15, 0.2) is 0 Å². The number of thioether (sulfide) groups is 1. The molecule has 20 heavy (non-hydrogen) atoms. The van der Waals surface area contributed by atoms with Crippen molar-refractivity contribution < 1.29 is 4.74 Å². The van der Waals surface area contributed by atoms with Gasteiger partial charge < -0.3 is 10.1 Å². The zero-order chi connectivity index (χ0) is 14.2. The van der Waals surface area contributed by atoms with Crippen molar-refractivity contribution in [2.45, 2.75) is 16.6 Å². The van der Waals surface area contributed by atoms with Gasteiger partial charge in [0.05, 0.1) is 7.11 Å². The highest BCUT2D eigenvalue weighted by atomic mass is 32.2. The first kappa shape index (κ1) is 14.9. The van der Waals surface area contributed by atoms with Crippen LogP contribution in [-0.2, 0) is 0 Å². The van der Waals surface area contributed by atoms with Crippen LogP contribution < -0.4 is 10.1 Å². The standard InChI is InChI=1S/C17H21NOS/c1-18-13-12-16(14-8-4-3-5-9-14)20-17-11-7-6-10-15(17)19-2/h3-11,16,18H,12-13H2,1-2H3. The van der Waals surface area contributed by atoms with Crippen LogP contribution in [0, 0.1) is 0 Å². The maximum atomic E-state index is 5.45. The molecule has 0 spiro atoms. The maximum absolute atomic E-state index is 5.45. The average Bonchev–Trinajstić information content (AvgIpc) is 2.52. The highest BCUT2D eigenvalue weighted by Crippen LogP contribution is 2.41. The predicted octanol–water partition coefficient (Wildman–Crippen LogP) is 4.14. The van der Waals surface area contributed by atoms with Crippen LogP contribution in [0.2, 0.25) is 0 Å². The molecule has 0 aromatic heterocycles. The van der Waals surface area contributed by atoms with Crippen molar-refractivity contribution >= 4 is 11.8 Å². The van der Waals surface area contributed by atoms with Gasteiger partial charge in [-0.1, -0.05) is 42.5 Å². The molecule has 0 aliphatic heterocycles. The van der Waals surface area contributed by atoms with Gasteiger partial charge in [0.25, 0.3) is 0 Å². The van der Waals surface area contributed by atoms with Crippen molar-refractivity contribution in [2.24, 2.45) is 0 Å². The van der Waals surface area contributed by atoms with Gasteiger partial charge in [0.2, 0.25) is 0 Å². The minimum Gasteiger partial charge on any atom is -0.496 e. The lowest BCUT2D eigenvalue weighted by atomic mass is 10.1. The number of ether oxygens (including phenoxy) is 1. The Morgan fingerprint density at radius 3 is 2.45 bits per heavy atom. The number of benzene rings is 2. The minimum atomic E-state index is 0.431. The molecule has 0 heterocycles. The predicted molar refractivity (Wildman–Crippen MR) is 86.6 cm³/mol. The second-order valence-corrected chi connectivity index (χ2v) is 5.80. The third kappa shape index (κ3) is 4.02. The molecule has 3 heteroatoms. The summed E-state index contributed by atoms with van der Waals surface area (Å²) in [5, 5.41) is 3.67. The Labute approximate surface area is 125 Å². The molecule has 2 aromatic rings. The van der Waals surface area contributed by atoms with Gasteiger partial charge in [0.1, 0.15) is 5.75 Å². The zero-order valence-electron chi connectivity index (χ0n) is 12.0. The van der Waals surface area contributed by atoms with E-state index in [1.54, 1.807) is 7.11 Å². The Morgan fingerprint density at radius 2 is 1.75 bits per heavy atom. The molecule has 2 aromatic carbocycles. The molecule has 106 valence electrons. The molecule has 0 radical (unpaired) electrons. The molecule has 0 fully saturated rings. The number of rotatable bonds is 7. The lowest BCUT2D eigenvalue weighted by Crippen LogP contribution is -2.10. The van der Waals surface area contributed by atoms with Crippen LogP contribution in [0.5, 0.6) is 5.75 Å². The number of para-hydroxylation sites is 1. The monoisotopic (exact) mass is 287 g/mol. The van der Waals surface area contributed by atoms with E-state index in [1.807, 2.05) is 30.9 Å². The van der Waals surface area contributed by atoms with Gasteiger partial charge in [0, 0.05) is 10.1 Å². The van der Waals surface area contributed by atoms with Gasteiger partial charge in [-0.2, -0.15) is 0 Å². The van der Waals surface area contributed by atoms with Crippen LogP contribution in [0.15, 0.2) is 59.5 Å². The van der Waals surface area contributed by atoms with E-state index in [2.05, 4.69) is 47.8 Å². The van der Waals surface area contributed by atoms with Gasteiger partial charge in [-0.15, -0.1) is 11.8 Å². The summed E-state index contributed by atoms with van der Waals surface area (Å²) < 4.78 is 5.45. The summed E-state index contributed by atoms with van der Waals surface area (Å²) >= 11 is 1.87. The molecular formula is C17H21NOS. The Kier molecular flexibility index (Phi) is 5.96. The summed E-state index contributed by atoms with van der Waals surface area (Å²) in [5.41, 5.74) is 1.36. The molecule has 1 N–H and O–H groups in total. The number of hydrogen-bond acceptors (Lipinski definition) is 3. The lowest BCUT2D eigenvalue weighted by molar-refractivity contribution is 0.404. The normalized spacial score (nSPS) is 12.1. The quantitative estimate of drug-likeness (QED) is 0.773. The summed E-state index contributed by atoms with van der Waals surface area (Å²) in [6.45, 7) is 1.00. The van der Waals surface area contributed by atoms with Crippen LogP contribution in [0.25, 0.3) is 0 Å². The smallest absolute Gasteiger partial charge is 0.132 e. The highest BCUT2D eigenvalue weighted by molar-refractivity contribution is 7.99. The first-order valence-corrected chi connectivity index (χ1v) is 7.72. The van der Waals surface area contributed by atoms with Crippen molar-refractivity contribution in [3.05, 3.63) is 60.2 Å². The molecule has 2 nitrogen and oxygen atoms in total. The van der Waals surface area contributed by atoms with E-state index in [-0.39, 0.29) is 0 Å². The largest absolute Gasteiger partial charge is 0.496 e. The van der Waals surface area contributed by atoms with Crippen molar-refractivity contribution in [2.75, 3.05) is 20.7 Å². The maximum Gasteiger partial charge on any atom is 0.132 e. The number of hydrogen-bond donors (Lipinski definition) is 1. The molecule has 0 aliphatic rings. The minimum absolute atomic E-state index is 0.431. The van der Waals surface area contributed by atoms with Crippen LogP contribution in [0.4, 0.5) is 0 Å². The molecule has 0 saturated carbocycles. The van der Waals surface area contributed by atoms with E-state index in [1.165, 1.54) is 10.5 Å². The third-order valence-corrected chi connectivity index (χ3v) is 4.55. The molecule has 1 atom stereocenters. The van der Waals surface area contributed by atoms with Gasteiger partial charge in [-0.05, 0) is 37.7 Å². The molecule has 0 amide bonds. The molecule has 0 aliphatic carbocycles. The fourth-order valence-corrected chi connectivity index (χ4v) is 3.37. The fourth-order valence-electron chi connectivity index (χ4n) is 2.11. The second kappa shape index (κ2) is 7.98. The van der Waals surface area contributed by atoms with E-state index in [0.29, 0.717) is 5.25 Å². The first-order valence-electron chi connectivity index (χ1n) is 6.84. The van der Waals surface area contributed by atoms with E-state index in [4.69, 9.17) is 4.74 Å². The van der Waals surface area contributed by atoms with E-state index in [9.17, 15) is 0 Å². The Balaban J connectivity index is 2.19. The SMILES string of the molecule is CNCCC(Sc1ccccc1OC)c1ccccc1. The summed E-state index contributed by atoms with van der Waals surface area (Å²) in [5.74, 6) is 0.947. The van der Waals surface area contributed by atoms with Crippen molar-refractivity contribution in [1.29, 1.82) is 0 Å². The third-order valence-electron chi connectivity index (χ3n) is 3.17. The van der Waals surface area contributed by atoms with Crippen molar-refractivity contribution in [3.8, 4) is 5.75 Å². The Morgan fingerprint density at radius 1 is 1.05 bits per heavy atom. The number of methoxy groups -OCH3 is 1. The average molecular weight is 287 g/mol. The van der Waals surface area contributed by atoms with Gasteiger partial charge in [-0.25, -0.2) is 0 Å². The van der Waals surface area contributed by atoms with Crippen molar-refractivity contribution in [1.82, 2.24) is 5.32 Å². The van der Waals surface area contributed by atoms with Crippen LogP contribution in [0.1, 0.15) is 17.2 Å². The van der Waals surface area contributed by atoms with Crippen LogP contribution >= 0.6 is 11.8 Å². The number of nitrogens with one attached hydrogen (secondary N) is 1. The van der Waals surface area contributed by atoms with E-state index >= 15 is 0 Å². The Hall–Kier alpha value is -1.45.